The Morgan fingerprint density at radius 2 is 1.82 bits per heavy atom. The number of carbonyl (C=O) groups is 1. The van der Waals surface area contributed by atoms with Gasteiger partial charge in [0.05, 0.1) is 23.6 Å². The van der Waals surface area contributed by atoms with Gasteiger partial charge in [0, 0.05) is 10.7 Å². The second kappa shape index (κ2) is 8.09. The van der Waals surface area contributed by atoms with Crippen molar-refractivity contribution >= 4 is 34.2 Å². The molecule has 0 aliphatic carbocycles. The van der Waals surface area contributed by atoms with Crippen molar-refractivity contribution in [1.29, 1.82) is 0 Å². The van der Waals surface area contributed by atoms with Gasteiger partial charge in [-0.05, 0) is 79.9 Å². The van der Waals surface area contributed by atoms with Gasteiger partial charge in [-0.3, -0.25) is 14.5 Å². The molecule has 0 spiro atoms. The summed E-state index contributed by atoms with van der Waals surface area (Å²) in [6.07, 6.45) is 0. The molecule has 0 N–H and O–H groups in total. The molecule has 1 aliphatic rings. The molecule has 0 saturated carbocycles. The van der Waals surface area contributed by atoms with Gasteiger partial charge in [-0.15, -0.1) is 0 Å². The van der Waals surface area contributed by atoms with Crippen molar-refractivity contribution in [3.63, 3.8) is 0 Å². The largest absolute Gasteiger partial charge is 0.494 e. The molecule has 5 rings (SSSR count). The zero-order chi connectivity index (χ0) is 23.3. The summed E-state index contributed by atoms with van der Waals surface area (Å²) < 4.78 is 11.7. The first-order valence-corrected chi connectivity index (χ1v) is 11.2. The van der Waals surface area contributed by atoms with Crippen LogP contribution in [0.2, 0.25) is 5.02 Å². The van der Waals surface area contributed by atoms with Crippen LogP contribution in [-0.4, -0.2) is 12.5 Å². The number of fused-ring (bicyclic) bond motifs is 2. The lowest BCUT2D eigenvalue weighted by atomic mass is 9.97. The van der Waals surface area contributed by atoms with Crippen LogP contribution < -0.4 is 15.1 Å². The maximum absolute atomic E-state index is 13.7. The molecule has 2 heterocycles. The van der Waals surface area contributed by atoms with E-state index in [1.54, 1.807) is 23.1 Å². The van der Waals surface area contributed by atoms with Gasteiger partial charge in [0.1, 0.15) is 11.3 Å². The fraction of sp³-hybridized carbons (Fsp3) is 0.185. The van der Waals surface area contributed by atoms with E-state index in [1.165, 1.54) is 0 Å². The molecule has 33 heavy (non-hydrogen) atoms. The van der Waals surface area contributed by atoms with Crippen LogP contribution in [0.5, 0.6) is 5.75 Å². The van der Waals surface area contributed by atoms with Crippen LogP contribution in [0.4, 0.5) is 5.69 Å². The first-order chi connectivity index (χ1) is 15.9. The van der Waals surface area contributed by atoms with E-state index in [1.807, 2.05) is 63.2 Å². The summed E-state index contributed by atoms with van der Waals surface area (Å²) >= 11 is 6.16. The van der Waals surface area contributed by atoms with Crippen LogP contribution in [0.25, 0.3) is 11.0 Å². The monoisotopic (exact) mass is 459 g/mol. The molecule has 0 fully saturated rings. The van der Waals surface area contributed by atoms with Gasteiger partial charge in [0.2, 0.25) is 5.76 Å². The smallest absolute Gasteiger partial charge is 0.295 e. The summed E-state index contributed by atoms with van der Waals surface area (Å²) in [6.45, 7) is 6.43. The topological polar surface area (TPSA) is 59.8 Å². The summed E-state index contributed by atoms with van der Waals surface area (Å²) in [6, 6.07) is 17.5. The Balaban J connectivity index is 1.80. The SMILES string of the molecule is CCOc1cccc(C2c3c(oc4ccc(Cl)cc4c3=O)C(=O)N2c2ccc(C)c(C)c2)c1. The van der Waals surface area contributed by atoms with Crippen molar-refractivity contribution < 1.29 is 13.9 Å². The summed E-state index contributed by atoms with van der Waals surface area (Å²) in [5.41, 5.74) is 4.01. The van der Waals surface area contributed by atoms with E-state index in [9.17, 15) is 9.59 Å². The highest BCUT2D eigenvalue weighted by molar-refractivity contribution is 6.31. The minimum absolute atomic E-state index is 0.0554. The van der Waals surface area contributed by atoms with Crippen molar-refractivity contribution in [3.8, 4) is 5.75 Å². The van der Waals surface area contributed by atoms with Crippen molar-refractivity contribution in [1.82, 2.24) is 0 Å². The van der Waals surface area contributed by atoms with Crippen LogP contribution in [0.15, 0.2) is 69.9 Å². The second-order valence-electron chi connectivity index (χ2n) is 8.17. The van der Waals surface area contributed by atoms with Crippen LogP contribution in [-0.2, 0) is 0 Å². The number of halogens is 1. The summed E-state index contributed by atoms with van der Waals surface area (Å²) in [5.74, 6) is 0.373. The third-order valence-corrected chi connectivity index (χ3v) is 6.32. The number of aryl methyl sites for hydroxylation is 2. The number of amides is 1. The van der Waals surface area contributed by atoms with E-state index < -0.39 is 6.04 Å². The predicted molar refractivity (Wildman–Crippen MR) is 130 cm³/mol. The minimum Gasteiger partial charge on any atom is -0.494 e. The van der Waals surface area contributed by atoms with Crippen LogP contribution >= 0.6 is 11.6 Å². The minimum atomic E-state index is -0.658. The number of anilines is 1. The van der Waals surface area contributed by atoms with Crippen LogP contribution in [0.3, 0.4) is 0 Å². The van der Waals surface area contributed by atoms with E-state index in [2.05, 4.69) is 0 Å². The third-order valence-electron chi connectivity index (χ3n) is 6.09. The second-order valence-corrected chi connectivity index (χ2v) is 8.60. The lowest BCUT2D eigenvalue weighted by Crippen LogP contribution is -2.29. The van der Waals surface area contributed by atoms with Crippen molar-refractivity contribution in [2.24, 2.45) is 0 Å². The molecule has 1 atom stereocenters. The Morgan fingerprint density at radius 1 is 1.00 bits per heavy atom. The Labute approximate surface area is 196 Å². The summed E-state index contributed by atoms with van der Waals surface area (Å²) in [4.78, 5) is 29.0. The fourth-order valence-corrected chi connectivity index (χ4v) is 4.52. The first-order valence-electron chi connectivity index (χ1n) is 10.8. The Kier molecular flexibility index (Phi) is 5.22. The zero-order valence-corrected chi connectivity index (χ0v) is 19.3. The first kappa shape index (κ1) is 21.3. The van der Waals surface area contributed by atoms with Gasteiger partial charge < -0.3 is 9.15 Å². The van der Waals surface area contributed by atoms with Crippen molar-refractivity contribution in [3.05, 3.63) is 104 Å². The molecule has 6 heteroatoms. The van der Waals surface area contributed by atoms with Crippen molar-refractivity contribution in [2.45, 2.75) is 26.8 Å². The normalized spacial score (nSPS) is 15.2. The highest BCUT2D eigenvalue weighted by Crippen LogP contribution is 2.42. The molecule has 0 bridgehead atoms. The average Bonchev–Trinajstić information content (AvgIpc) is 3.09. The lowest BCUT2D eigenvalue weighted by Gasteiger charge is -2.26. The predicted octanol–water partition coefficient (Wildman–Crippen LogP) is 6.21. The van der Waals surface area contributed by atoms with E-state index >= 15 is 0 Å². The molecule has 0 radical (unpaired) electrons. The Hall–Kier alpha value is -3.57. The molecule has 5 nitrogen and oxygen atoms in total. The molecule has 1 aliphatic heterocycles. The number of ether oxygens (including phenoxy) is 1. The Bertz CT molecular complexity index is 1470. The van der Waals surface area contributed by atoms with Gasteiger partial charge in [-0.1, -0.05) is 29.8 Å². The molecule has 0 saturated heterocycles. The number of benzene rings is 3. The maximum atomic E-state index is 13.7. The molecule has 3 aromatic carbocycles. The number of hydrogen-bond donors (Lipinski definition) is 0. The average molecular weight is 460 g/mol. The van der Waals surface area contributed by atoms with Crippen LogP contribution in [0, 0.1) is 13.8 Å². The summed E-state index contributed by atoms with van der Waals surface area (Å²) in [7, 11) is 0. The van der Waals surface area contributed by atoms with Crippen LogP contribution in [0.1, 0.15) is 45.8 Å². The maximum Gasteiger partial charge on any atom is 0.295 e. The quantitative estimate of drug-likeness (QED) is 0.364. The number of nitrogens with zero attached hydrogens (tertiary/aromatic N) is 1. The summed E-state index contributed by atoms with van der Waals surface area (Å²) in [5, 5.41) is 0.780. The number of hydrogen-bond acceptors (Lipinski definition) is 4. The highest BCUT2D eigenvalue weighted by atomic mass is 35.5. The fourth-order valence-electron chi connectivity index (χ4n) is 4.34. The van der Waals surface area contributed by atoms with E-state index in [0.717, 1.165) is 16.7 Å². The molecule has 4 aromatic rings. The highest BCUT2D eigenvalue weighted by Gasteiger charge is 2.43. The molecule has 1 amide bonds. The van der Waals surface area contributed by atoms with E-state index in [-0.39, 0.29) is 17.1 Å². The molecular weight excluding hydrogens is 438 g/mol. The van der Waals surface area contributed by atoms with Gasteiger partial charge in [0.25, 0.3) is 5.91 Å². The van der Waals surface area contributed by atoms with Crippen molar-refractivity contribution in [2.75, 3.05) is 11.5 Å². The third kappa shape index (κ3) is 3.49. The standard InChI is InChI=1S/C27H22ClNO4/c1-4-32-20-7-5-6-17(13-20)24-23-25(30)21-14-18(28)9-11-22(21)33-26(23)27(31)29(24)19-10-8-15(2)16(3)12-19/h5-14,24H,4H2,1-3H3. The van der Waals surface area contributed by atoms with Gasteiger partial charge >= 0.3 is 0 Å². The molecule has 1 aromatic heterocycles. The van der Waals surface area contributed by atoms with E-state index in [0.29, 0.717) is 39.6 Å². The Morgan fingerprint density at radius 3 is 2.58 bits per heavy atom. The van der Waals surface area contributed by atoms with E-state index in [4.69, 9.17) is 20.8 Å². The number of rotatable bonds is 4. The zero-order valence-electron chi connectivity index (χ0n) is 18.5. The van der Waals surface area contributed by atoms with Gasteiger partial charge in [0.15, 0.2) is 5.43 Å². The van der Waals surface area contributed by atoms with Gasteiger partial charge in [-0.25, -0.2) is 0 Å². The number of carbonyl (C=O) groups excluding carboxylic acids is 1. The molecular formula is C27H22ClNO4. The molecule has 1 unspecified atom stereocenters. The van der Waals surface area contributed by atoms with Gasteiger partial charge in [-0.2, -0.15) is 0 Å². The lowest BCUT2D eigenvalue weighted by molar-refractivity contribution is 0.0971. The molecule has 166 valence electrons.